The van der Waals surface area contributed by atoms with Crippen LogP contribution in [0.5, 0.6) is 11.5 Å². The molecule has 0 aliphatic heterocycles. The highest BCUT2D eigenvalue weighted by atomic mass is 16.5. The number of pyridine rings is 1. The molecule has 6 heteroatoms. The number of carboxylic acid groups (broad SMARTS) is 1. The van der Waals surface area contributed by atoms with Gasteiger partial charge >= 0.3 is 5.97 Å². The molecule has 1 aromatic heterocycles. The molecule has 6 nitrogen and oxygen atoms in total. The number of aromatic carboxylic acids is 1. The molecule has 0 saturated heterocycles. The summed E-state index contributed by atoms with van der Waals surface area (Å²) >= 11 is 0. The number of rotatable bonds is 4. The summed E-state index contributed by atoms with van der Waals surface area (Å²) in [5, 5.41) is 18.6. The molecule has 1 aromatic carbocycles. The van der Waals surface area contributed by atoms with Gasteiger partial charge in [0.2, 0.25) is 0 Å². The number of aryl methyl sites for hydroxylation is 1. The van der Waals surface area contributed by atoms with Gasteiger partial charge in [-0.1, -0.05) is 0 Å². The summed E-state index contributed by atoms with van der Waals surface area (Å²) in [7, 11) is 3.07. The highest BCUT2D eigenvalue weighted by molar-refractivity contribution is 5.89. The maximum atomic E-state index is 11.3. The minimum absolute atomic E-state index is 0.118. The van der Waals surface area contributed by atoms with Crippen LogP contribution >= 0.6 is 0 Å². The Morgan fingerprint density at radius 1 is 1.22 bits per heavy atom. The van der Waals surface area contributed by atoms with Crippen molar-refractivity contribution in [2.75, 3.05) is 14.2 Å². The SMILES string of the molecule is COc1ccc(-c2cc(C(=O)O)nc(C)c2C#N)c(OC)c1C. The van der Waals surface area contributed by atoms with E-state index in [1.54, 1.807) is 26.2 Å². The lowest BCUT2D eigenvalue weighted by molar-refractivity contribution is 0.0690. The molecular weight excluding hydrogens is 296 g/mol. The summed E-state index contributed by atoms with van der Waals surface area (Å²) in [6, 6.07) is 6.97. The van der Waals surface area contributed by atoms with Gasteiger partial charge in [0.25, 0.3) is 0 Å². The average molecular weight is 312 g/mol. The van der Waals surface area contributed by atoms with Crippen molar-refractivity contribution in [1.29, 1.82) is 5.26 Å². The first kappa shape index (κ1) is 16.3. The van der Waals surface area contributed by atoms with Gasteiger partial charge < -0.3 is 14.6 Å². The molecule has 1 N–H and O–H groups in total. The number of benzene rings is 1. The van der Waals surface area contributed by atoms with E-state index in [4.69, 9.17) is 9.47 Å². The molecule has 0 fully saturated rings. The van der Waals surface area contributed by atoms with Crippen LogP contribution in [0.2, 0.25) is 0 Å². The van der Waals surface area contributed by atoms with Crippen molar-refractivity contribution in [3.8, 4) is 28.7 Å². The first-order valence-electron chi connectivity index (χ1n) is 6.81. The fraction of sp³-hybridized carbons (Fsp3) is 0.235. The molecule has 0 bridgehead atoms. The van der Waals surface area contributed by atoms with Gasteiger partial charge in [0.1, 0.15) is 23.3 Å². The van der Waals surface area contributed by atoms with Gasteiger partial charge in [-0.3, -0.25) is 0 Å². The second-order valence-electron chi connectivity index (χ2n) is 4.91. The summed E-state index contributed by atoms with van der Waals surface area (Å²) in [5.41, 5.74) is 2.42. The predicted octanol–water partition coefficient (Wildman–Crippen LogP) is 2.95. The van der Waals surface area contributed by atoms with E-state index in [0.717, 1.165) is 5.56 Å². The van der Waals surface area contributed by atoms with Crippen LogP contribution in [-0.4, -0.2) is 30.3 Å². The number of nitrogens with zero attached hydrogens (tertiary/aromatic N) is 2. The first-order chi connectivity index (χ1) is 10.9. The predicted molar refractivity (Wildman–Crippen MR) is 83.9 cm³/mol. The lowest BCUT2D eigenvalue weighted by atomic mass is 9.96. The van der Waals surface area contributed by atoms with Gasteiger partial charge in [-0.15, -0.1) is 0 Å². The Balaban J connectivity index is 2.83. The van der Waals surface area contributed by atoms with E-state index < -0.39 is 5.97 Å². The molecule has 0 spiro atoms. The van der Waals surface area contributed by atoms with Crippen LogP contribution in [0.4, 0.5) is 0 Å². The van der Waals surface area contributed by atoms with Gasteiger partial charge in [0, 0.05) is 16.7 Å². The Morgan fingerprint density at radius 3 is 2.43 bits per heavy atom. The van der Waals surface area contributed by atoms with Crippen LogP contribution in [0.3, 0.4) is 0 Å². The maximum absolute atomic E-state index is 11.3. The van der Waals surface area contributed by atoms with Crippen LogP contribution in [0.1, 0.15) is 27.3 Å². The monoisotopic (exact) mass is 312 g/mol. The Hall–Kier alpha value is -3.07. The fourth-order valence-corrected chi connectivity index (χ4v) is 2.51. The van der Waals surface area contributed by atoms with Gasteiger partial charge in [0.05, 0.1) is 25.5 Å². The normalized spacial score (nSPS) is 10.0. The number of carboxylic acids is 1. The van der Waals surface area contributed by atoms with Crippen molar-refractivity contribution in [3.63, 3.8) is 0 Å². The van der Waals surface area contributed by atoms with Crippen molar-refractivity contribution in [2.45, 2.75) is 13.8 Å². The number of carbonyl (C=O) groups is 1. The van der Waals surface area contributed by atoms with Crippen LogP contribution < -0.4 is 9.47 Å². The molecule has 0 aliphatic rings. The van der Waals surface area contributed by atoms with E-state index in [2.05, 4.69) is 11.1 Å². The minimum atomic E-state index is -1.15. The van der Waals surface area contributed by atoms with E-state index >= 15 is 0 Å². The number of hydrogen-bond donors (Lipinski definition) is 1. The summed E-state index contributed by atoms with van der Waals surface area (Å²) in [4.78, 5) is 15.2. The molecule has 0 aliphatic carbocycles. The number of ether oxygens (including phenoxy) is 2. The second-order valence-corrected chi connectivity index (χ2v) is 4.91. The van der Waals surface area contributed by atoms with Crippen molar-refractivity contribution in [2.24, 2.45) is 0 Å². The standard InChI is InChI=1S/C17H16N2O4/c1-9-15(22-3)6-5-11(16(9)23-4)12-7-14(17(20)21)19-10(2)13(12)8-18/h5-7H,1-4H3,(H,20,21). The molecular formula is C17H16N2O4. The van der Waals surface area contributed by atoms with Gasteiger partial charge in [-0.25, -0.2) is 9.78 Å². The van der Waals surface area contributed by atoms with Crippen molar-refractivity contribution < 1.29 is 19.4 Å². The van der Waals surface area contributed by atoms with E-state index in [1.165, 1.54) is 13.2 Å². The highest BCUT2D eigenvalue weighted by Gasteiger charge is 2.20. The Bertz CT molecular complexity index is 822. The van der Waals surface area contributed by atoms with Gasteiger partial charge in [-0.05, 0) is 32.0 Å². The maximum Gasteiger partial charge on any atom is 0.354 e. The third kappa shape index (κ3) is 2.81. The zero-order valence-corrected chi connectivity index (χ0v) is 13.3. The van der Waals surface area contributed by atoms with Crippen molar-refractivity contribution in [1.82, 2.24) is 4.98 Å². The van der Waals surface area contributed by atoms with Crippen LogP contribution in [0.15, 0.2) is 18.2 Å². The fourth-order valence-electron chi connectivity index (χ4n) is 2.51. The van der Waals surface area contributed by atoms with E-state index in [0.29, 0.717) is 33.9 Å². The van der Waals surface area contributed by atoms with E-state index in [9.17, 15) is 15.2 Å². The van der Waals surface area contributed by atoms with Crippen LogP contribution in [-0.2, 0) is 0 Å². The van der Waals surface area contributed by atoms with E-state index in [1.807, 2.05) is 6.92 Å². The molecule has 23 heavy (non-hydrogen) atoms. The van der Waals surface area contributed by atoms with Crippen molar-refractivity contribution >= 4 is 5.97 Å². The number of hydrogen-bond acceptors (Lipinski definition) is 5. The van der Waals surface area contributed by atoms with Crippen LogP contribution in [0, 0.1) is 25.2 Å². The summed E-state index contributed by atoms with van der Waals surface area (Å²) in [6.45, 7) is 3.44. The van der Waals surface area contributed by atoms with Crippen LogP contribution in [0.25, 0.3) is 11.1 Å². The number of aromatic nitrogens is 1. The van der Waals surface area contributed by atoms with Gasteiger partial charge in [-0.2, -0.15) is 5.26 Å². The minimum Gasteiger partial charge on any atom is -0.496 e. The molecule has 0 amide bonds. The average Bonchev–Trinajstić information content (AvgIpc) is 2.53. The Kier molecular flexibility index (Phi) is 4.51. The second kappa shape index (κ2) is 6.36. The Labute approximate surface area is 133 Å². The summed E-state index contributed by atoms with van der Waals surface area (Å²) in [5.74, 6) is 0.0270. The number of nitriles is 1. The largest absolute Gasteiger partial charge is 0.496 e. The molecule has 0 radical (unpaired) electrons. The van der Waals surface area contributed by atoms with E-state index in [-0.39, 0.29) is 5.69 Å². The Morgan fingerprint density at radius 2 is 1.91 bits per heavy atom. The molecule has 2 rings (SSSR count). The number of methoxy groups -OCH3 is 2. The molecule has 0 atom stereocenters. The summed E-state index contributed by atoms with van der Waals surface area (Å²) in [6.07, 6.45) is 0. The topological polar surface area (TPSA) is 92.4 Å². The first-order valence-corrected chi connectivity index (χ1v) is 6.81. The molecule has 1 heterocycles. The zero-order chi connectivity index (χ0) is 17.1. The third-order valence-corrected chi connectivity index (χ3v) is 3.60. The highest BCUT2D eigenvalue weighted by Crippen LogP contribution is 2.39. The third-order valence-electron chi connectivity index (χ3n) is 3.60. The molecule has 2 aromatic rings. The summed E-state index contributed by atoms with van der Waals surface area (Å²) < 4.78 is 10.7. The molecule has 118 valence electrons. The smallest absolute Gasteiger partial charge is 0.354 e. The molecule has 0 unspecified atom stereocenters. The lowest BCUT2D eigenvalue weighted by Crippen LogP contribution is -2.05. The molecule has 0 saturated carbocycles. The van der Waals surface area contributed by atoms with Crippen molar-refractivity contribution in [3.05, 3.63) is 40.7 Å². The zero-order valence-electron chi connectivity index (χ0n) is 13.3. The lowest BCUT2D eigenvalue weighted by Gasteiger charge is -2.16. The quantitative estimate of drug-likeness (QED) is 0.933. The van der Waals surface area contributed by atoms with Gasteiger partial charge in [0.15, 0.2) is 0 Å².